The van der Waals surface area contributed by atoms with Crippen molar-refractivity contribution in [2.24, 2.45) is 0 Å². The van der Waals surface area contributed by atoms with Gasteiger partial charge in [0.05, 0.1) is 6.04 Å². The van der Waals surface area contributed by atoms with Crippen LogP contribution in [-0.4, -0.2) is 36.0 Å². The molecule has 1 aromatic heterocycles. The molecule has 2 heterocycles. The van der Waals surface area contributed by atoms with E-state index in [0.29, 0.717) is 0 Å². The fourth-order valence-electron chi connectivity index (χ4n) is 1.77. The zero-order valence-corrected chi connectivity index (χ0v) is 10.1. The summed E-state index contributed by atoms with van der Waals surface area (Å²) in [5.74, 6) is -1.33. The zero-order valence-electron chi connectivity index (χ0n) is 10.1. The summed E-state index contributed by atoms with van der Waals surface area (Å²) in [6.45, 7) is 0.0722. The van der Waals surface area contributed by atoms with Crippen LogP contribution in [0.15, 0.2) is 18.2 Å². The molecule has 5 nitrogen and oxygen atoms in total. The lowest BCUT2D eigenvalue weighted by molar-refractivity contribution is -0.276. The molecule has 1 saturated heterocycles. The van der Waals surface area contributed by atoms with Crippen LogP contribution >= 0.6 is 0 Å². The number of amides is 1. The van der Waals surface area contributed by atoms with Gasteiger partial charge >= 0.3 is 6.36 Å². The molecule has 1 aromatic rings. The topological polar surface area (TPSA) is 63.2 Å². The number of rotatable bonds is 3. The number of anilines is 1. The average molecular weight is 293 g/mol. The van der Waals surface area contributed by atoms with E-state index in [-0.39, 0.29) is 18.8 Å². The van der Waals surface area contributed by atoms with Crippen LogP contribution in [0.25, 0.3) is 0 Å². The van der Waals surface area contributed by atoms with Crippen LogP contribution in [0.4, 0.5) is 23.4 Å². The molecule has 2 N–H and O–H groups in total. The first kappa shape index (κ1) is 14.5. The van der Waals surface area contributed by atoms with Crippen molar-refractivity contribution in [3.05, 3.63) is 18.2 Å². The predicted octanol–water partition coefficient (Wildman–Crippen LogP) is 1.62. The van der Waals surface area contributed by atoms with Crippen LogP contribution in [0.3, 0.4) is 0 Å². The Morgan fingerprint density at radius 1 is 1.45 bits per heavy atom. The molecule has 1 amide bonds. The number of carbonyl (C=O) groups is 1. The van der Waals surface area contributed by atoms with Gasteiger partial charge in [0.2, 0.25) is 11.8 Å². The third-order valence-corrected chi connectivity index (χ3v) is 2.59. The molecule has 0 aliphatic carbocycles. The van der Waals surface area contributed by atoms with Gasteiger partial charge in [0.15, 0.2) is 0 Å². The molecule has 110 valence electrons. The highest BCUT2D eigenvalue weighted by Crippen LogP contribution is 2.22. The van der Waals surface area contributed by atoms with Crippen molar-refractivity contribution in [1.82, 2.24) is 10.3 Å². The highest BCUT2D eigenvalue weighted by atomic mass is 19.4. The first-order valence-electron chi connectivity index (χ1n) is 5.74. The van der Waals surface area contributed by atoms with Crippen molar-refractivity contribution in [1.29, 1.82) is 0 Å². The Kier molecular flexibility index (Phi) is 4.07. The normalized spacial score (nSPS) is 22.6. The van der Waals surface area contributed by atoms with Crippen molar-refractivity contribution in [3.8, 4) is 5.88 Å². The third kappa shape index (κ3) is 4.05. The van der Waals surface area contributed by atoms with E-state index in [4.69, 9.17) is 0 Å². The number of nitrogens with one attached hydrogen (secondary N) is 2. The Hall–Kier alpha value is -1.90. The SMILES string of the molecule is O=C(Nc1cccc(OC(F)(F)F)n1)C1CC(F)CN1. The molecule has 2 unspecified atom stereocenters. The van der Waals surface area contributed by atoms with E-state index in [0.717, 1.165) is 6.07 Å². The van der Waals surface area contributed by atoms with Crippen LogP contribution in [0.1, 0.15) is 6.42 Å². The smallest absolute Gasteiger partial charge is 0.388 e. The Labute approximate surface area is 111 Å². The molecule has 0 radical (unpaired) electrons. The van der Waals surface area contributed by atoms with Gasteiger partial charge in [-0.3, -0.25) is 4.79 Å². The van der Waals surface area contributed by atoms with E-state index in [1.165, 1.54) is 12.1 Å². The second kappa shape index (κ2) is 5.61. The monoisotopic (exact) mass is 293 g/mol. The summed E-state index contributed by atoms with van der Waals surface area (Å²) >= 11 is 0. The number of pyridine rings is 1. The van der Waals surface area contributed by atoms with E-state index < -0.39 is 30.4 Å². The number of hydrogen-bond donors (Lipinski definition) is 2. The number of hydrogen-bond acceptors (Lipinski definition) is 4. The maximum absolute atomic E-state index is 12.9. The fourth-order valence-corrected chi connectivity index (χ4v) is 1.77. The second-order valence-corrected chi connectivity index (χ2v) is 4.19. The Morgan fingerprint density at radius 2 is 2.20 bits per heavy atom. The highest BCUT2D eigenvalue weighted by molar-refractivity contribution is 5.94. The van der Waals surface area contributed by atoms with Crippen LogP contribution in [-0.2, 0) is 4.79 Å². The molecule has 0 spiro atoms. The molecular formula is C11H11F4N3O2. The maximum atomic E-state index is 12.9. The van der Waals surface area contributed by atoms with E-state index >= 15 is 0 Å². The van der Waals surface area contributed by atoms with Gasteiger partial charge in [-0.15, -0.1) is 13.2 Å². The molecule has 0 bridgehead atoms. The summed E-state index contributed by atoms with van der Waals surface area (Å²) in [4.78, 5) is 15.2. The van der Waals surface area contributed by atoms with Crippen molar-refractivity contribution in [2.75, 3.05) is 11.9 Å². The largest absolute Gasteiger partial charge is 0.574 e. The fraction of sp³-hybridized carbons (Fsp3) is 0.455. The van der Waals surface area contributed by atoms with E-state index in [9.17, 15) is 22.4 Å². The number of aromatic nitrogens is 1. The lowest BCUT2D eigenvalue weighted by Crippen LogP contribution is -2.35. The zero-order chi connectivity index (χ0) is 14.8. The van der Waals surface area contributed by atoms with Gasteiger partial charge in [0.25, 0.3) is 0 Å². The number of halogens is 4. The molecule has 1 aliphatic heterocycles. The lowest BCUT2D eigenvalue weighted by Gasteiger charge is -2.12. The molecule has 20 heavy (non-hydrogen) atoms. The highest BCUT2D eigenvalue weighted by Gasteiger charge is 2.32. The Bertz CT molecular complexity index is 495. The molecule has 0 saturated carbocycles. The number of carbonyl (C=O) groups excluding carboxylic acids is 1. The van der Waals surface area contributed by atoms with Gasteiger partial charge in [-0.25, -0.2) is 4.39 Å². The summed E-state index contributed by atoms with van der Waals surface area (Å²) < 4.78 is 52.6. The maximum Gasteiger partial charge on any atom is 0.574 e. The van der Waals surface area contributed by atoms with Crippen LogP contribution in [0.5, 0.6) is 5.88 Å². The van der Waals surface area contributed by atoms with Crippen LogP contribution in [0.2, 0.25) is 0 Å². The van der Waals surface area contributed by atoms with Crippen molar-refractivity contribution in [2.45, 2.75) is 25.0 Å². The molecule has 2 rings (SSSR count). The van der Waals surface area contributed by atoms with Gasteiger partial charge < -0.3 is 15.4 Å². The summed E-state index contributed by atoms with van der Waals surface area (Å²) in [5.41, 5.74) is 0. The van der Waals surface area contributed by atoms with Gasteiger partial charge in [-0.1, -0.05) is 6.07 Å². The van der Waals surface area contributed by atoms with Crippen LogP contribution < -0.4 is 15.4 Å². The van der Waals surface area contributed by atoms with Gasteiger partial charge in [0, 0.05) is 19.0 Å². The molecule has 9 heteroatoms. The summed E-state index contributed by atoms with van der Waals surface area (Å²) in [6, 6.07) is 2.85. The first-order chi connectivity index (χ1) is 9.33. The molecule has 1 aliphatic rings. The van der Waals surface area contributed by atoms with Gasteiger partial charge in [0.1, 0.15) is 12.0 Å². The summed E-state index contributed by atoms with van der Waals surface area (Å²) in [7, 11) is 0. The standard InChI is InChI=1S/C11H11F4N3O2/c12-6-4-7(16-5-6)10(19)18-8-2-1-3-9(17-8)20-11(13,14)15/h1-3,6-7,16H,4-5H2,(H,17,18,19). The van der Waals surface area contributed by atoms with Crippen molar-refractivity contribution >= 4 is 11.7 Å². The average Bonchev–Trinajstić information content (AvgIpc) is 2.74. The summed E-state index contributed by atoms with van der Waals surface area (Å²) in [5, 5.41) is 4.96. The Balaban J connectivity index is 1.99. The van der Waals surface area contributed by atoms with E-state index in [2.05, 4.69) is 20.4 Å². The third-order valence-electron chi connectivity index (χ3n) is 2.59. The lowest BCUT2D eigenvalue weighted by atomic mass is 10.2. The molecule has 1 fully saturated rings. The van der Waals surface area contributed by atoms with E-state index in [1.54, 1.807) is 0 Å². The molecule has 2 atom stereocenters. The second-order valence-electron chi connectivity index (χ2n) is 4.19. The number of alkyl halides is 4. The minimum atomic E-state index is -4.86. The molecular weight excluding hydrogens is 282 g/mol. The van der Waals surface area contributed by atoms with Crippen molar-refractivity contribution in [3.63, 3.8) is 0 Å². The minimum Gasteiger partial charge on any atom is -0.388 e. The number of nitrogens with zero attached hydrogens (tertiary/aromatic N) is 1. The van der Waals surface area contributed by atoms with Gasteiger partial charge in [-0.05, 0) is 6.07 Å². The predicted molar refractivity (Wildman–Crippen MR) is 60.9 cm³/mol. The summed E-state index contributed by atoms with van der Waals surface area (Å²) in [6.07, 6.45) is -5.95. The quantitative estimate of drug-likeness (QED) is 0.831. The molecule has 0 aromatic carbocycles. The number of ether oxygens (including phenoxy) is 1. The van der Waals surface area contributed by atoms with E-state index in [1.807, 2.05) is 0 Å². The van der Waals surface area contributed by atoms with Crippen molar-refractivity contribution < 1.29 is 27.1 Å². The Morgan fingerprint density at radius 3 is 2.80 bits per heavy atom. The van der Waals surface area contributed by atoms with Crippen LogP contribution in [0, 0.1) is 0 Å². The van der Waals surface area contributed by atoms with Gasteiger partial charge in [-0.2, -0.15) is 4.98 Å². The first-order valence-corrected chi connectivity index (χ1v) is 5.74. The minimum absolute atomic E-state index is 0.0184.